The molecule has 0 aliphatic rings. The van der Waals surface area contributed by atoms with E-state index in [0.717, 1.165) is 10.7 Å². The summed E-state index contributed by atoms with van der Waals surface area (Å²) in [5.41, 5.74) is 0.995. The molecular formula is C18H19NS2. The summed E-state index contributed by atoms with van der Waals surface area (Å²) in [6, 6.07) is 20.4. The molecule has 0 unspecified atom stereocenters. The van der Waals surface area contributed by atoms with Crippen LogP contribution < -0.4 is 0 Å². The van der Waals surface area contributed by atoms with Crippen LogP contribution in [0.4, 0.5) is 5.69 Å². The summed E-state index contributed by atoms with van der Waals surface area (Å²) in [5.74, 6) is 0. The number of rotatable bonds is 5. The molecule has 2 aromatic carbocycles. The summed E-state index contributed by atoms with van der Waals surface area (Å²) < 4.78 is 0. The van der Waals surface area contributed by atoms with Crippen molar-refractivity contribution in [2.45, 2.75) is 24.0 Å². The van der Waals surface area contributed by atoms with E-state index in [1.807, 2.05) is 36.4 Å². The number of para-hydroxylation sites is 1. The van der Waals surface area contributed by atoms with Gasteiger partial charge in [-0.25, -0.2) is 4.99 Å². The van der Waals surface area contributed by atoms with Gasteiger partial charge in [-0.2, -0.15) is 0 Å². The molecule has 21 heavy (non-hydrogen) atoms. The van der Waals surface area contributed by atoms with Crippen molar-refractivity contribution in [1.29, 1.82) is 0 Å². The van der Waals surface area contributed by atoms with Gasteiger partial charge in [-0.05, 0) is 35.7 Å². The lowest BCUT2D eigenvalue weighted by Crippen LogP contribution is -1.94. The van der Waals surface area contributed by atoms with Gasteiger partial charge in [0.25, 0.3) is 0 Å². The second kappa shape index (κ2) is 8.75. The van der Waals surface area contributed by atoms with Crippen molar-refractivity contribution in [3.8, 4) is 0 Å². The molecule has 0 aliphatic heterocycles. The smallest absolute Gasteiger partial charge is 0.0974 e. The molecule has 0 spiro atoms. The summed E-state index contributed by atoms with van der Waals surface area (Å²) in [5, 5.41) is 3.66. The van der Waals surface area contributed by atoms with E-state index in [-0.39, 0.29) is 0 Å². The van der Waals surface area contributed by atoms with Gasteiger partial charge in [0, 0.05) is 10.1 Å². The third kappa shape index (κ3) is 6.23. The van der Waals surface area contributed by atoms with Gasteiger partial charge >= 0.3 is 0 Å². The normalized spacial score (nSPS) is 12.2. The van der Waals surface area contributed by atoms with E-state index >= 15 is 0 Å². The Morgan fingerprint density at radius 1 is 0.952 bits per heavy atom. The fraction of sp³-hybridized carbons (Fsp3) is 0.167. The number of thioether (sulfide) groups is 2. The van der Waals surface area contributed by atoms with Crippen LogP contribution in [0.5, 0.6) is 0 Å². The first kappa shape index (κ1) is 15.9. The average molecular weight is 313 g/mol. The molecular weight excluding hydrogens is 294 g/mol. The molecule has 0 amide bonds. The molecule has 1 nitrogen and oxygen atoms in total. The first-order valence-corrected chi connectivity index (χ1v) is 8.68. The highest BCUT2D eigenvalue weighted by Crippen LogP contribution is 2.22. The van der Waals surface area contributed by atoms with E-state index in [1.54, 1.807) is 23.5 Å². The van der Waals surface area contributed by atoms with Crippen molar-refractivity contribution < 1.29 is 0 Å². The highest BCUT2D eigenvalue weighted by atomic mass is 32.2. The number of hydrogen-bond donors (Lipinski definition) is 0. The van der Waals surface area contributed by atoms with Gasteiger partial charge in [-0.3, -0.25) is 0 Å². The van der Waals surface area contributed by atoms with Crippen molar-refractivity contribution >= 4 is 34.3 Å². The molecule has 3 heteroatoms. The van der Waals surface area contributed by atoms with Crippen molar-refractivity contribution in [2.75, 3.05) is 0 Å². The van der Waals surface area contributed by atoms with Crippen LogP contribution in [0.3, 0.4) is 0 Å². The van der Waals surface area contributed by atoms with Crippen LogP contribution in [0.15, 0.2) is 82.0 Å². The monoisotopic (exact) mass is 313 g/mol. The number of aliphatic imine (C=N–C) groups is 1. The Bertz CT molecular complexity index is 589. The average Bonchev–Trinajstić information content (AvgIpc) is 2.49. The van der Waals surface area contributed by atoms with Crippen LogP contribution in [0.1, 0.15) is 13.8 Å². The van der Waals surface area contributed by atoms with Crippen molar-refractivity contribution in [3.05, 3.63) is 72.1 Å². The maximum atomic E-state index is 4.71. The predicted octanol–water partition coefficient (Wildman–Crippen LogP) is 6.16. The Balaban J connectivity index is 2.08. The summed E-state index contributed by atoms with van der Waals surface area (Å²) in [4.78, 5) is 5.95. The molecule has 0 aromatic heterocycles. The highest BCUT2D eigenvalue weighted by molar-refractivity contribution is 8.14. The van der Waals surface area contributed by atoms with Gasteiger partial charge < -0.3 is 0 Å². The Morgan fingerprint density at radius 2 is 1.57 bits per heavy atom. The van der Waals surface area contributed by atoms with Crippen molar-refractivity contribution in [3.63, 3.8) is 0 Å². The lowest BCUT2D eigenvalue weighted by atomic mass is 10.3. The quantitative estimate of drug-likeness (QED) is 0.372. The summed E-state index contributed by atoms with van der Waals surface area (Å²) >= 11 is 3.49. The summed E-state index contributed by atoms with van der Waals surface area (Å²) in [7, 11) is 0. The molecule has 0 heterocycles. The molecule has 2 rings (SSSR count). The number of benzene rings is 2. The molecule has 108 valence electrons. The Labute approximate surface area is 135 Å². The lowest BCUT2D eigenvalue weighted by molar-refractivity contribution is 1.12. The van der Waals surface area contributed by atoms with Crippen LogP contribution in [0.25, 0.3) is 0 Å². The zero-order chi connectivity index (χ0) is 14.9. The van der Waals surface area contributed by atoms with Crippen molar-refractivity contribution in [2.24, 2.45) is 4.99 Å². The van der Waals surface area contributed by atoms with Gasteiger partial charge in [0.1, 0.15) is 0 Å². The Morgan fingerprint density at radius 3 is 2.19 bits per heavy atom. The van der Waals surface area contributed by atoms with Crippen LogP contribution >= 0.6 is 23.5 Å². The minimum absolute atomic E-state index is 0.513. The third-order valence-corrected chi connectivity index (χ3v) is 4.27. The molecule has 0 fully saturated rings. The van der Waals surface area contributed by atoms with Gasteiger partial charge in [0.15, 0.2) is 0 Å². The molecule has 0 radical (unpaired) electrons. The molecule has 0 atom stereocenters. The van der Waals surface area contributed by atoms with Gasteiger partial charge in [0.2, 0.25) is 0 Å². The maximum absolute atomic E-state index is 4.71. The minimum atomic E-state index is 0.513. The largest absolute Gasteiger partial charge is 0.242 e. The fourth-order valence-electron chi connectivity index (χ4n) is 1.64. The summed E-state index contributed by atoms with van der Waals surface area (Å²) in [6.45, 7) is 4.37. The molecule has 0 bridgehead atoms. The second-order valence-corrected chi connectivity index (χ2v) is 7.26. The van der Waals surface area contributed by atoms with Gasteiger partial charge in [-0.15, -0.1) is 11.8 Å². The molecule has 0 saturated carbocycles. The fourth-order valence-corrected chi connectivity index (χ4v) is 3.19. The standard InChI is InChI=1S/C18H19NS2/c1-15(2)21-18(19-16-9-5-3-6-10-16)13-14-20-17-11-7-4-8-12-17/h3-15H,1-2H3. The minimum Gasteiger partial charge on any atom is -0.242 e. The number of nitrogens with zero attached hydrogens (tertiary/aromatic N) is 1. The van der Waals surface area contributed by atoms with Crippen molar-refractivity contribution in [1.82, 2.24) is 0 Å². The van der Waals surface area contributed by atoms with E-state index < -0.39 is 0 Å². The van der Waals surface area contributed by atoms with E-state index in [0.29, 0.717) is 5.25 Å². The highest BCUT2D eigenvalue weighted by Gasteiger charge is 2.01. The van der Waals surface area contributed by atoms with Gasteiger partial charge in [0.05, 0.1) is 10.7 Å². The second-order valence-electron chi connectivity index (χ2n) is 4.69. The Hall–Kier alpha value is -1.45. The van der Waals surface area contributed by atoms with Crippen LogP contribution in [0, 0.1) is 0 Å². The first-order valence-electron chi connectivity index (χ1n) is 6.92. The third-order valence-electron chi connectivity index (χ3n) is 2.51. The zero-order valence-electron chi connectivity index (χ0n) is 12.3. The summed E-state index contributed by atoms with van der Waals surface area (Å²) in [6.07, 6.45) is 2.09. The van der Waals surface area contributed by atoms with E-state index in [2.05, 4.69) is 49.6 Å². The van der Waals surface area contributed by atoms with E-state index in [4.69, 9.17) is 4.99 Å². The maximum Gasteiger partial charge on any atom is 0.0974 e. The van der Waals surface area contributed by atoms with E-state index in [9.17, 15) is 0 Å². The van der Waals surface area contributed by atoms with E-state index in [1.165, 1.54) is 4.90 Å². The molecule has 0 N–H and O–H groups in total. The van der Waals surface area contributed by atoms with Crippen LogP contribution in [0.2, 0.25) is 0 Å². The number of hydrogen-bond acceptors (Lipinski definition) is 3. The van der Waals surface area contributed by atoms with Crippen LogP contribution in [-0.4, -0.2) is 10.3 Å². The lowest BCUT2D eigenvalue weighted by Gasteiger charge is -2.05. The molecule has 0 aliphatic carbocycles. The van der Waals surface area contributed by atoms with Crippen LogP contribution in [-0.2, 0) is 0 Å². The zero-order valence-corrected chi connectivity index (χ0v) is 13.9. The topological polar surface area (TPSA) is 12.4 Å². The molecule has 0 saturated heterocycles. The SMILES string of the molecule is CC(C)SC(C=CSc1ccccc1)=Nc1ccccc1. The first-order chi connectivity index (χ1) is 10.2. The molecule has 2 aromatic rings. The Kier molecular flexibility index (Phi) is 6.64. The van der Waals surface area contributed by atoms with Gasteiger partial charge in [-0.1, -0.05) is 62.0 Å². The predicted molar refractivity (Wildman–Crippen MR) is 97.7 cm³/mol.